The fourth-order valence-electron chi connectivity index (χ4n) is 1.61. The van der Waals surface area contributed by atoms with Gasteiger partial charge in [-0.25, -0.2) is 4.79 Å². The number of urea groups is 1. The summed E-state index contributed by atoms with van der Waals surface area (Å²) in [5.74, 6) is 0. The molecule has 0 aromatic heterocycles. The van der Waals surface area contributed by atoms with Crippen LogP contribution in [0.2, 0.25) is 0 Å². The molecule has 0 heterocycles. The van der Waals surface area contributed by atoms with E-state index < -0.39 is 6.10 Å². The first kappa shape index (κ1) is 15.2. The summed E-state index contributed by atoms with van der Waals surface area (Å²) >= 11 is 0. The van der Waals surface area contributed by atoms with Gasteiger partial charge in [-0.1, -0.05) is 20.8 Å². The minimum atomic E-state index is -0.473. The van der Waals surface area contributed by atoms with Gasteiger partial charge in [-0.15, -0.1) is 0 Å². The molecule has 0 saturated heterocycles. The van der Waals surface area contributed by atoms with E-state index in [1.165, 1.54) is 0 Å². The first-order valence-electron chi connectivity index (χ1n) is 6.01. The molecule has 0 aromatic carbocycles. The number of nitrogens with zero attached hydrogens (tertiary/aromatic N) is 1. The molecule has 0 fully saturated rings. The van der Waals surface area contributed by atoms with Crippen LogP contribution < -0.4 is 5.32 Å². The lowest BCUT2D eigenvalue weighted by Gasteiger charge is -2.24. The number of carbonyl (C=O) groups is 1. The van der Waals surface area contributed by atoms with Crippen LogP contribution in [0.15, 0.2) is 0 Å². The average molecular weight is 230 g/mol. The Bertz CT molecular complexity index is 208. The molecule has 1 unspecified atom stereocenters. The molecule has 96 valence electrons. The monoisotopic (exact) mass is 230 g/mol. The number of hydrogen-bond donors (Lipinski definition) is 2. The third kappa shape index (κ3) is 6.67. The molecule has 0 aliphatic carbocycles. The molecule has 0 aliphatic heterocycles. The molecule has 0 saturated carbocycles. The number of carbonyl (C=O) groups excluding carboxylic acids is 1. The second-order valence-corrected chi connectivity index (χ2v) is 5.28. The lowest BCUT2D eigenvalue weighted by molar-refractivity contribution is 0.118. The van der Waals surface area contributed by atoms with E-state index >= 15 is 0 Å². The molecule has 0 spiro atoms. The molecule has 2 amide bonds. The second kappa shape index (κ2) is 6.74. The Kier molecular flexibility index (Phi) is 6.41. The maximum absolute atomic E-state index is 11.6. The van der Waals surface area contributed by atoms with Gasteiger partial charge in [0.05, 0.1) is 6.10 Å². The summed E-state index contributed by atoms with van der Waals surface area (Å²) < 4.78 is 0. The van der Waals surface area contributed by atoms with Crippen molar-refractivity contribution >= 4 is 6.03 Å². The molecular formula is C12H26N2O2. The Labute approximate surface area is 99.0 Å². The summed E-state index contributed by atoms with van der Waals surface area (Å²) in [6.07, 6.45) is 0.213. The van der Waals surface area contributed by atoms with E-state index in [0.717, 1.165) is 0 Å². The van der Waals surface area contributed by atoms with Gasteiger partial charge in [0.25, 0.3) is 0 Å². The SMILES string of the molecule is CCN(CC)C(=O)NCC(O)CC(C)(C)C. The summed E-state index contributed by atoms with van der Waals surface area (Å²) in [7, 11) is 0. The van der Waals surface area contributed by atoms with Crippen molar-refractivity contribution in [2.24, 2.45) is 5.41 Å². The maximum Gasteiger partial charge on any atom is 0.317 e. The van der Waals surface area contributed by atoms with Crippen LogP contribution in [-0.4, -0.2) is 41.8 Å². The van der Waals surface area contributed by atoms with Crippen molar-refractivity contribution < 1.29 is 9.90 Å². The third-order valence-electron chi connectivity index (χ3n) is 2.39. The van der Waals surface area contributed by atoms with Gasteiger partial charge in [0, 0.05) is 19.6 Å². The first-order valence-corrected chi connectivity index (χ1v) is 6.01. The van der Waals surface area contributed by atoms with Crippen molar-refractivity contribution in [1.82, 2.24) is 10.2 Å². The number of aliphatic hydroxyl groups excluding tert-OH is 1. The molecule has 0 aliphatic rings. The smallest absolute Gasteiger partial charge is 0.317 e. The van der Waals surface area contributed by atoms with Crippen molar-refractivity contribution in [1.29, 1.82) is 0 Å². The fraction of sp³-hybridized carbons (Fsp3) is 0.917. The predicted molar refractivity (Wildman–Crippen MR) is 66.4 cm³/mol. The highest BCUT2D eigenvalue weighted by molar-refractivity contribution is 5.74. The predicted octanol–water partition coefficient (Wildman–Crippen LogP) is 1.83. The zero-order valence-electron chi connectivity index (χ0n) is 11.2. The summed E-state index contributed by atoms with van der Waals surface area (Å²) in [4.78, 5) is 13.3. The molecule has 2 N–H and O–H groups in total. The van der Waals surface area contributed by atoms with Gasteiger partial charge in [-0.2, -0.15) is 0 Å². The van der Waals surface area contributed by atoms with E-state index in [-0.39, 0.29) is 11.4 Å². The van der Waals surface area contributed by atoms with E-state index in [9.17, 15) is 9.90 Å². The highest BCUT2D eigenvalue weighted by Crippen LogP contribution is 2.20. The first-order chi connectivity index (χ1) is 7.30. The van der Waals surface area contributed by atoms with E-state index in [1.807, 2.05) is 13.8 Å². The van der Waals surface area contributed by atoms with Crippen LogP contribution in [0.1, 0.15) is 41.0 Å². The lowest BCUT2D eigenvalue weighted by Crippen LogP contribution is -2.43. The molecule has 0 rings (SSSR count). The van der Waals surface area contributed by atoms with Crippen LogP contribution in [0.3, 0.4) is 0 Å². The summed E-state index contributed by atoms with van der Waals surface area (Å²) in [6.45, 7) is 11.8. The van der Waals surface area contributed by atoms with Crippen LogP contribution >= 0.6 is 0 Å². The standard InChI is InChI=1S/C12H26N2O2/c1-6-14(7-2)11(16)13-9-10(15)8-12(3,4)5/h10,15H,6-9H2,1-5H3,(H,13,16). The Morgan fingerprint density at radius 1 is 1.31 bits per heavy atom. The summed E-state index contributed by atoms with van der Waals surface area (Å²) in [6, 6.07) is -0.0991. The van der Waals surface area contributed by atoms with Gasteiger partial charge in [-0.3, -0.25) is 0 Å². The number of rotatable bonds is 5. The Balaban J connectivity index is 3.92. The molecule has 16 heavy (non-hydrogen) atoms. The van der Waals surface area contributed by atoms with Crippen molar-refractivity contribution in [3.05, 3.63) is 0 Å². The van der Waals surface area contributed by atoms with Crippen LogP contribution in [0.5, 0.6) is 0 Å². The quantitative estimate of drug-likeness (QED) is 0.757. The van der Waals surface area contributed by atoms with Crippen molar-refractivity contribution in [2.75, 3.05) is 19.6 Å². The Morgan fingerprint density at radius 2 is 1.81 bits per heavy atom. The van der Waals surface area contributed by atoms with Gasteiger partial charge >= 0.3 is 6.03 Å². The van der Waals surface area contributed by atoms with E-state index in [1.54, 1.807) is 4.90 Å². The molecule has 1 atom stereocenters. The van der Waals surface area contributed by atoms with Gasteiger partial charge in [0.1, 0.15) is 0 Å². The molecular weight excluding hydrogens is 204 g/mol. The van der Waals surface area contributed by atoms with Crippen molar-refractivity contribution in [3.8, 4) is 0 Å². The van der Waals surface area contributed by atoms with Crippen LogP contribution in [0.25, 0.3) is 0 Å². The molecule has 0 bridgehead atoms. The molecule has 0 radical (unpaired) electrons. The second-order valence-electron chi connectivity index (χ2n) is 5.28. The fourth-order valence-corrected chi connectivity index (χ4v) is 1.61. The Morgan fingerprint density at radius 3 is 2.19 bits per heavy atom. The normalized spacial score (nSPS) is 13.4. The molecule has 0 aromatic rings. The number of aliphatic hydroxyl groups is 1. The van der Waals surface area contributed by atoms with Crippen LogP contribution in [-0.2, 0) is 0 Å². The number of nitrogens with one attached hydrogen (secondary N) is 1. The topological polar surface area (TPSA) is 52.6 Å². The van der Waals surface area contributed by atoms with Crippen molar-refractivity contribution in [3.63, 3.8) is 0 Å². The minimum absolute atomic E-state index is 0.0827. The number of amides is 2. The average Bonchev–Trinajstić information content (AvgIpc) is 2.14. The largest absolute Gasteiger partial charge is 0.391 e. The van der Waals surface area contributed by atoms with E-state index in [4.69, 9.17) is 0 Å². The minimum Gasteiger partial charge on any atom is -0.391 e. The van der Waals surface area contributed by atoms with E-state index in [0.29, 0.717) is 26.1 Å². The highest BCUT2D eigenvalue weighted by atomic mass is 16.3. The lowest BCUT2D eigenvalue weighted by atomic mass is 9.89. The number of hydrogen-bond acceptors (Lipinski definition) is 2. The molecule has 4 heteroatoms. The van der Waals surface area contributed by atoms with E-state index in [2.05, 4.69) is 26.1 Å². The zero-order valence-corrected chi connectivity index (χ0v) is 11.2. The van der Waals surface area contributed by atoms with Crippen LogP contribution in [0.4, 0.5) is 4.79 Å². The summed E-state index contributed by atoms with van der Waals surface area (Å²) in [5, 5.41) is 12.5. The molecule has 4 nitrogen and oxygen atoms in total. The van der Waals surface area contributed by atoms with Crippen molar-refractivity contribution in [2.45, 2.75) is 47.1 Å². The van der Waals surface area contributed by atoms with Gasteiger partial charge < -0.3 is 15.3 Å². The maximum atomic E-state index is 11.6. The summed E-state index contributed by atoms with van der Waals surface area (Å²) in [5.41, 5.74) is 0.0827. The van der Waals surface area contributed by atoms with Gasteiger partial charge in [0.2, 0.25) is 0 Å². The zero-order chi connectivity index (χ0) is 12.8. The van der Waals surface area contributed by atoms with Gasteiger partial charge in [-0.05, 0) is 25.7 Å². The Hall–Kier alpha value is -0.770. The third-order valence-corrected chi connectivity index (χ3v) is 2.39. The van der Waals surface area contributed by atoms with Crippen LogP contribution in [0, 0.1) is 5.41 Å². The highest BCUT2D eigenvalue weighted by Gasteiger charge is 2.18. The van der Waals surface area contributed by atoms with Gasteiger partial charge in [0.15, 0.2) is 0 Å².